The highest BCUT2D eigenvalue weighted by Gasteiger charge is 2.28. The van der Waals surface area contributed by atoms with E-state index in [2.05, 4.69) is 72.2 Å². The van der Waals surface area contributed by atoms with Crippen molar-refractivity contribution in [1.82, 2.24) is 0 Å². The van der Waals surface area contributed by atoms with Gasteiger partial charge in [0.15, 0.2) is 0 Å². The minimum absolute atomic E-state index is 0.296. The number of hydrogen-bond donors (Lipinski definition) is 0. The number of anilines is 1. The van der Waals surface area contributed by atoms with Gasteiger partial charge in [-0.25, -0.2) is 4.39 Å². The van der Waals surface area contributed by atoms with Crippen LogP contribution in [0.15, 0.2) is 85.5 Å². The van der Waals surface area contributed by atoms with Crippen molar-refractivity contribution in [2.24, 2.45) is 5.92 Å². The molecule has 1 aliphatic heterocycles. The topological polar surface area (TPSA) is 3.24 Å². The quantitative estimate of drug-likeness (QED) is 0.227. The molecule has 0 N–H and O–H groups in total. The smallest absolute Gasteiger partial charge is 0.124 e. The zero-order valence-corrected chi connectivity index (χ0v) is 23.5. The van der Waals surface area contributed by atoms with Gasteiger partial charge in [0.05, 0.1) is 5.02 Å². The van der Waals surface area contributed by atoms with Gasteiger partial charge >= 0.3 is 0 Å². The van der Waals surface area contributed by atoms with Crippen LogP contribution in [0.25, 0.3) is 17.2 Å². The average Bonchev–Trinajstić information content (AvgIpc) is 2.90. The van der Waals surface area contributed by atoms with E-state index in [1.165, 1.54) is 71.3 Å². The van der Waals surface area contributed by atoms with E-state index < -0.39 is 0 Å². The van der Waals surface area contributed by atoms with Crippen LogP contribution in [-0.4, -0.2) is 13.1 Å². The predicted molar refractivity (Wildman–Crippen MR) is 164 cm³/mol. The average molecular weight is 528 g/mol. The van der Waals surface area contributed by atoms with E-state index >= 15 is 0 Å². The van der Waals surface area contributed by atoms with E-state index in [0.29, 0.717) is 10.9 Å². The molecule has 0 amide bonds. The van der Waals surface area contributed by atoms with Gasteiger partial charge in [-0.15, -0.1) is 6.58 Å². The van der Waals surface area contributed by atoms with Crippen molar-refractivity contribution in [1.29, 1.82) is 0 Å². The van der Waals surface area contributed by atoms with Crippen molar-refractivity contribution in [2.75, 3.05) is 18.0 Å². The summed E-state index contributed by atoms with van der Waals surface area (Å²) < 4.78 is 14.0. The minimum Gasteiger partial charge on any atom is -0.372 e. The van der Waals surface area contributed by atoms with Crippen LogP contribution in [0.2, 0.25) is 5.02 Å². The summed E-state index contributed by atoms with van der Waals surface area (Å²) in [5.74, 6) is 0.125. The van der Waals surface area contributed by atoms with E-state index in [4.69, 9.17) is 11.6 Å². The van der Waals surface area contributed by atoms with Crippen LogP contribution in [0.5, 0.6) is 0 Å². The molecule has 0 atom stereocenters. The van der Waals surface area contributed by atoms with Gasteiger partial charge < -0.3 is 4.90 Å². The Morgan fingerprint density at radius 1 is 0.868 bits per heavy atom. The predicted octanol–water partition coefficient (Wildman–Crippen LogP) is 10.5. The highest BCUT2D eigenvalue weighted by molar-refractivity contribution is 6.32. The standard InChI is InChI=1S/C32H33ClFN.C3H6/c1-2-7-23-10-12-25(13-11-23)31(26-14-17-28(18-15-26)35-20-4-3-5-21-35)32(24-8-6-9-24)29-19-16-27(34)22-30(29)33;1-3-2/h2,7,10-19,22,24H,3-6,8-9,20-21H2,1H3;3H,1H2,2H3/b7-2+,32-31+;. The Kier molecular flexibility index (Phi) is 10.0. The van der Waals surface area contributed by atoms with Crippen LogP contribution in [0.1, 0.15) is 74.6 Å². The summed E-state index contributed by atoms with van der Waals surface area (Å²) in [6.45, 7) is 9.55. The summed E-state index contributed by atoms with van der Waals surface area (Å²) in [4.78, 5) is 2.49. The molecule has 1 heterocycles. The van der Waals surface area contributed by atoms with Crippen molar-refractivity contribution >= 4 is 34.5 Å². The van der Waals surface area contributed by atoms with E-state index in [1.807, 2.05) is 19.9 Å². The van der Waals surface area contributed by atoms with E-state index in [1.54, 1.807) is 6.08 Å². The van der Waals surface area contributed by atoms with Gasteiger partial charge in [-0.1, -0.05) is 78.7 Å². The fourth-order valence-corrected chi connectivity index (χ4v) is 5.65. The first-order valence-corrected chi connectivity index (χ1v) is 14.3. The first-order valence-electron chi connectivity index (χ1n) is 13.9. The van der Waals surface area contributed by atoms with Gasteiger partial charge in [0.1, 0.15) is 5.82 Å². The maximum Gasteiger partial charge on any atom is 0.124 e. The van der Waals surface area contributed by atoms with Crippen molar-refractivity contribution in [3.8, 4) is 0 Å². The summed E-state index contributed by atoms with van der Waals surface area (Å²) in [7, 11) is 0. The van der Waals surface area contributed by atoms with Gasteiger partial charge in [-0.05, 0) is 110 Å². The van der Waals surface area contributed by atoms with Crippen LogP contribution in [0, 0.1) is 11.7 Å². The molecule has 1 aliphatic carbocycles. The molecule has 3 heteroatoms. The molecule has 3 aromatic carbocycles. The largest absolute Gasteiger partial charge is 0.372 e. The van der Waals surface area contributed by atoms with E-state index in [-0.39, 0.29) is 5.82 Å². The number of nitrogens with zero attached hydrogens (tertiary/aromatic N) is 1. The minimum atomic E-state index is -0.296. The second-order valence-electron chi connectivity index (χ2n) is 10.2. The first kappa shape index (κ1) is 27.9. The molecule has 0 aromatic heterocycles. The van der Waals surface area contributed by atoms with Crippen molar-refractivity contribution in [3.05, 3.63) is 119 Å². The third-order valence-electron chi connectivity index (χ3n) is 7.44. The molecule has 1 nitrogen and oxygen atoms in total. The third-order valence-corrected chi connectivity index (χ3v) is 7.75. The fraction of sp³-hybridized carbons (Fsp3) is 0.314. The van der Waals surface area contributed by atoms with Crippen LogP contribution in [-0.2, 0) is 0 Å². The van der Waals surface area contributed by atoms with Crippen LogP contribution < -0.4 is 4.90 Å². The second-order valence-corrected chi connectivity index (χ2v) is 10.6. The molecule has 0 bridgehead atoms. The lowest BCUT2D eigenvalue weighted by Gasteiger charge is -2.32. The number of allylic oxidation sites excluding steroid dienone is 3. The fourth-order valence-electron chi connectivity index (χ4n) is 5.39. The highest BCUT2D eigenvalue weighted by atomic mass is 35.5. The van der Waals surface area contributed by atoms with Gasteiger partial charge in [0, 0.05) is 18.8 Å². The number of halogens is 2. The molecular formula is C35H39ClFN. The third kappa shape index (κ3) is 6.66. The Morgan fingerprint density at radius 3 is 2.00 bits per heavy atom. The zero-order valence-electron chi connectivity index (χ0n) is 22.7. The number of rotatable bonds is 6. The Hall–Kier alpha value is -3.10. The maximum atomic E-state index is 14.0. The molecule has 0 radical (unpaired) electrons. The van der Waals surface area contributed by atoms with E-state index in [9.17, 15) is 4.39 Å². The zero-order chi connectivity index (χ0) is 26.9. The Morgan fingerprint density at radius 2 is 1.47 bits per heavy atom. The summed E-state index contributed by atoms with van der Waals surface area (Å²) >= 11 is 6.67. The molecule has 1 saturated carbocycles. The van der Waals surface area contributed by atoms with Crippen molar-refractivity contribution in [3.63, 3.8) is 0 Å². The lowest BCUT2D eigenvalue weighted by atomic mass is 9.73. The molecule has 3 aromatic rings. The Bertz CT molecular complexity index is 1260. The van der Waals surface area contributed by atoms with Gasteiger partial charge in [0.2, 0.25) is 0 Å². The monoisotopic (exact) mass is 527 g/mol. The number of piperidine rings is 1. The maximum absolute atomic E-state index is 14.0. The lowest BCUT2D eigenvalue weighted by Crippen LogP contribution is -2.29. The first-order chi connectivity index (χ1) is 18.5. The molecular weight excluding hydrogens is 489 g/mol. The highest BCUT2D eigenvalue weighted by Crippen LogP contribution is 2.47. The van der Waals surface area contributed by atoms with Crippen molar-refractivity contribution in [2.45, 2.75) is 52.4 Å². The summed E-state index contributed by atoms with van der Waals surface area (Å²) in [6.07, 6.45) is 13.3. The molecule has 38 heavy (non-hydrogen) atoms. The number of hydrogen-bond acceptors (Lipinski definition) is 1. The van der Waals surface area contributed by atoms with Crippen LogP contribution in [0.3, 0.4) is 0 Å². The normalized spacial score (nSPS) is 16.4. The molecule has 2 aliphatic rings. The molecule has 198 valence electrons. The summed E-state index contributed by atoms with van der Waals surface area (Å²) in [5, 5.41) is 0.486. The molecule has 1 saturated heterocycles. The molecule has 0 spiro atoms. The molecule has 5 rings (SSSR count). The summed E-state index contributed by atoms with van der Waals surface area (Å²) in [5.41, 5.74) is 8.23. The second kappa shape index (κ2) is 13.6. The van der Waals surface area contributed by atoms with Gasteiger partial charge in [-0.3, -0.25) is 0 Å². The SMILES string of the molecule is C/C=C/c1ccc(/C(=C(\c2ccc(F)cc2Cl)C2CCC2)c2ccc(N3CCCCC3)cc2)cc1.C=CC. The summed E-state index contributed by atoms with van der Waals surface area (Å²) in [6, 6.07) is 22.6. The number of benzene rings is 3. The van der Waals surface area contributed by atoms with Gasteiger partial charge in [-0.2, -0.15) is 0 Å². The van der Waals surface area contributed by atoms with E-state index in [0.717, 1.165) is 31.5 Å². The van der Waals surface area contributed by atoms with Crippen LogP contribution in [0.4, 0.5) is 10.1 Å². The van der Waals surface area contributed by atoms with Crippen LogP contribution >= 0.6 is 11.6 Å². The molecule has 2 fully saturated rings. The Balaban J connectivity index is 0.00000107. The van der Waals surface area contributed by atoms with Crippen molar-refractivity contribution < 1.29 is 4.39 Å². The molecule has 0 unspecified atom stereocenters. The Labute approximate surface area is 233 Å². The lowest BCUT2D eigenvalue weighted by molar-refractivity contribution is 0.401. The van der Waals surface area contributed by atoms with Gasteiger partial charge in [0.25, 0.3) is 0 Å².